The number of benzene rings is 3. The zero-order valence-electron chi connectivity index (χ0n) is 24.8. The highest BCUT2D eigenvalue weighted by molar-refractivity contribution is 5.80. The molecule has 8 heteroatoms. The van der Waals surface area contributed by atoms with Crippen LogP contribution in [0.3, 0.4) is 0 Å². The van der Waals surface area contributed by atoms with E-state index in [9.17, 15) is 14.7 Å². The number of hydrogen-bond donors (Lipinski definition) is 3. The first-order valence-corrected chi connectivity index (χ1v) is 15.3. The van der Waals surface area contributed by atoms with E-state index in [1.807, 2.05) is 60.7 Å². The predicted octanol–water partition coefficient (Wildman–Crippen LogP) is 5.60. The summed E-state index contributed by atoms with van der Waals surface area (Å²) >= 11 is 0. The zero-order valence-corrected chi connectivity index (χ0v) is 24.8. The molecular weight excluding hydrogens is 544 g/mol. The molecule has 1 amide bonds. The fourth-order valence-electron chi connectivity index (χ4n) is 6.00. The Bertz CT molecular complexity index is 1350. The Kier molecular flexibility index (Phi) is 10.6. The van der Waals surface area contributed by atoms with Crippen molar-refractivity contribution in [2.45, 2.75) is 70.7 Å². The maximum atomic E-state index is 12.1. The van der Waals surface area contributed by atoms with Crippen LogP contribution in [-0.2, 0) is 32.2 Å². The van der Waals surface area contributed by atoms with Gasteiger partial charge in [-0.1, -0.05) is 86.1 Å². The highest BCUT2D eigenvalue weighted by Crippen LogP contribution is 2.42. The van der Waals surface area contributed by atoms with E-state index >= 15 is 0 Å². The van der Waals surface area contributed by atoms with Crippen molar-refractivity contribution in [1.82, 2.24) is 10.2 Å². The van der Waals surface area contributed by atoms with Crippen molar-refractivity contribution in [2.24, 2.45) is 5.92 Å². The van der Waals surface area contributed by atoms with Crippen LogP contribution in [0.15, 0.2) is 72.8 Å². The second-order valence-electron chi connectivity index (χ2n) is 11.6. The van der Waals surface area contributed by atoms with Crippen molar-refractivity contribution < 1.29 is 29.3 Å². The number of rotatable bonds is 11. The monoisotopic (exact) mass is 586 g/mol. The molecule has 0 radical (unpaired) electrons. The maximum Gasteiger partial charge on any atom is 0.303 e. The number of ether oxygens (including phenoxy) is 2. The van der Waals surface area contributed by atoms with E-state index in [0.29, 0.717) is 6.54 Å². The Morgan fingerprint density at radius 3 is 2.28 bits per heavy atom. The van der Waals surface area contributed by atoms with Gasteiger partial charge in [0, 0.05) is 31.0 Å². The lowest BCUT2D eigenvalue weighted by Gasteiger charge is -2.43. The minimum absolute atomic E-state index is 0.00418. The molecule has 228 valence electrons. The molecule has 0 aromatic heterocycles. The van der Waals surface area contributed by atoms with Gasteiger partial charge in [0.1, 0.15) is 0 Å². The first-order chi connectivity index (χ1) is 20.9. The fourth-order valence-corrected chi connectivity index (χ4v) is 6.00. The number of carbonyl (C=O) groups excluding carboxylic acids is 1. The highest BCUT2D eigenvalue weighted by atomic mass is 16.7. The van der Waals surface area contributed by atoms with Gasteiger partial charge in [0.15, 0.2) is 6.29 Å². The number of piperidine rings is 1. The number of nitrogens with one attached hydrogen (secondary N) is 1. The Morgan fingerprint density at radius 1 is 0.884 bits per heavy atom. The SMILES string of the molecule is C[C@H]1[C@@H](CN2CCCCC2)O[C@@H](c2ccc(-c3ccccc3CNC(=O)CCC(=O)O)cc2)O[C@H]1c1ccc(CO)cc1. The maximum absolute atomic E-state index is 12.1. The predicted molar refractivity (Wildman–Crippen MR) is 164 cm³/mol. The van der Waals surface area contributed by atoms with Crippen molar-refractivity contribution >= 4 is 11.9 Å². The van der Waals surface area contributed by atoms with Crippen LogP contribution in [0.1, 0.15) is 73.7 Å². The largest absolute Gasteiger partial charge is 0.481 e. The van der Waals surface area contributed by atoms with Crippen LogP contribution >= 0.6 is 0 Å². The van der Waals surface area contributed by atoms with Crippen LogP contribution in [0.5, 0.6) is 0 Å². The van der Waals surface area contributed by atoms with Crippen LogP contribution in [-0.4, -0.2) is 52.7 Å². The number of aliphatic carboxylic acids is 1. The summed E-state index contributed by atoms with van der Waals surface area (Å²) in [5, 5.41) is 21.2. The van der Waals surface area contributed by atoms with E-state index in [1.165, 1.54) is 19.3 Å². The Morgan fingerprint density at radius 2 is 1.58 bits per heavy atom. The van der Waals surface area contributed by atoms with Crippen molar-refractivity contribution in [3.8, 4) is 11.1 Å². The van der Waals surface area contributed by atoms with E-state index in [2.05, 4.69) is 29.3 Å². The minimum atomic E-state index is -0.986. The van der Waals surface area contributed by atoms with Crippen LogP contribution < -0.4 is 5.32 Å². The Hall–Kier alpha value is -3.56. The van der Waals surface area contributed by atoms with Crippen molar-refractivity contribution in [3.63, 3.8) is 0 Å². The fraction of sp³-hybridized carbons (Fsp3) is 0.429. The van der Waals surface area contributed by atoms with Gasteiger partial charge in [-0.3, -0.25) is 9.59 Å². The molecule has 2 aliphatic rings. The summed E-state index contributed by atoms with van der Waals surface area (Å²) in [6.07, 6.45) is 2.84. The minimum Gasteiger partial charge on any atom is -0.481 e. The summed E-state index contributed by atoms with van der Waals surface area (Å²) in [6.45, 7) is 5.60. The number of aliphatic hydroxyl groups excluding tert-OH is 1. The topological polar surface area (TPSA) is 108 Å². The quantitative estimate of drug-likeness (QED) is 0.268. The van der Waals surface area contributed by atoms with Gasteiger partial charge in [-0.15, -0.1) is 0 Å². The van der Waals surface area contributed by atoms with E-state index in [-0.39, 0.29) is 43.5 Å². The van der Waals surface area contributed by atoms with Crippen molar-refractivity contribution in [1.29, 1.82) is 0 Å². The normalized spacial score (nSPS) is 22.7. The lowest BCUT2D eigenvalue weighted by atomic mass is 9.89. The average molecular weight is 587 g/mol. The van der Waals surface area contributed by atoms with Gasteiger partial charge in [0.25, 0.3) is 0 Å². The number of carboxylic acids is 1. The van der Waals surface area contributed by atoms with Gasteiger partial charge >= 0.3 is 5.97 Å². The van der Waals surface area contributed by atoms with Crippen molar-refractivity contribution in [2.75, 3.05) is 19.6 Å². The molecule has 0 bridgehead atoms. The van der Waals surface area contributed by atoms with Crippen LogP contribution in [0.4, 0.5) is 0 Å². The van der Waals surface area contributed by atoms with Crippen molar-refractivity contribution in [3.05, 3.63) is 95.1 Å². The molecule has 0 aliphatic carbocycles. The lowest BCUT2D eigenvalue weighted by Crippen LogP contribution is -2.45. The molecule has 0 spiro atoms. The smallest absolute Gasteiger partial charge is 0.303 e. The molecule has 43 heavy (non-hydrogen) atoms. The molecule has 5 rings (SSSR count). The molecule has 3 aromatic carbocycles. The van der Waals surface area contributed by atoms with Gasteiger partial charge in [-0.2, -0.15) is 0 Å². The molecule has 4 atom stereocenters. The Labute approximate surface area is 253 Å². The third-order valence-electron chi connectivity index (χ3n) is 8.56. The summed E-state index contributed by atoms with van der Waals surface area (Å²) < 4.78 is 13.3. The third-order valence-corrected chi connectivity index (χ3v) is 8.56. The highest BCUT2D eigenvalue weighted by Gasteiger charge is 2.39. The van der Waals surface area contributed by atoms with E-state index < -0.39 is 12.3 Å². The molecule has 2 saturated heterocycles. The summed E-state index contributed by atoms with van der Waals surface area (Å²) in [5.74, 6) is -1.12. The number of nitrogens with zero attached hydrogens (tertiary/aromatic N) is 1. The molecule has 0 unspecified atom stereocenters. The van der Waals surface area contributed by atoms with Gasteiger partial charge in [-0.25, -0.2) is 0 Å². The second kappa shape index (κ2) is 14.8. The molecule has 2 heterocycles. The summed E-state index contributed by atoms with van der Waals surface area (Å²) in [5.41, 5.74) is 5.85. The van der Waals surface area contributed by atoms with Crippen LogP contribution in [0, 0.1) is 5.92 Å². The Balaban J connectivity index is 1.33. The number of aliphatic hydroxyl groups is 1. The molecule has 0 saturated carbocycles. The average Bonchev–Trinajstić information content (AvgIpc) is 3.04. The number of hydrogen-bond acceptors (Lipinski definition) is 6. The summed E-state index contributed by atoms with van der Waals surface area (Å²) in [6, 6.07) is 24.1. The number of carbonyl (C=O) groups is 2. The number of amides is 1. The van der Waals surface area contributed by atoms with Gasteiger partial charge < -0.3 is 29.9 Å². The molecule has 3 aromatic rings. The third kappa shape index (κ3) is 8.09. The van der Waals surface area contributed by atoms with Gasteiger partial charge in [-0.05, 0) is 53.7 Å². The summed E-state index contributed by atoms with van der Waals surface area (Å²) in [7, 11) is 0. The summed E-state index contributed by atoms with van der Waals surface area (Å²) in [4.78, 5) is 25.4. The van der Waals surface area contributed by atoms with Gasteiger partial charge in [0.05, 0.1) is 25.2 Å². The number of carboxylic acid groups (broad SMARTS) is 1. The van der Waals surface area contributed by atoms with E-state index in [0.717, 1.165) is 53.0 Å². The van der Waals surface area contributed by atoms with Gasteiger partial charge in [0.2, 0.25) is 5.91 Å². The second-order valence-corrected chi connectivity index (χ2v) is 11.6. The molecular formula is C35H42N2O6. The van der Waals surface area contributed by atoms with Crippen LogP contribution in [0.25, 0.3) is 11.1 Å². The molecule has 8 nitrogen and oxygen atoms in total. The molecule has 2 aliphatic heterocycles. The zero-order chi connectivity index (χ0) is 30.2. The van der Waals surface area contributed by atoms with E-state index in [4.69, 9.17) is 14.6 Å². The van der Waals surface area contributed by atoms with E-state index in [1.54, 1.807) is 0 Å². The molecule has 3 N–H and O–H groups in total. The molecule has 2 fully saturated rings. The van der Waals surface area contributed by atoms with Crippen LogP contribution in [0.2, 0.25) is 0 Å². The first kappa shape index (κ1) is 30.9. The lowest BCUT2D eigenvalue weighted by molar-refractivity contribution is -0.276. The number of likely N-dealkylation sites (tertiary alicyclic amines) is 1. The first-order valence-electron chi connectivity index (χ1n) is 15.3. The standard InChI is InChI=1S/C35H42N2O6/c1-24-31(22-37-19-5-2-6-20-37)42-35(43-34(24)27-11-9-25(23-38)10-12-27)28-15-13-26(14-16-28)30-8-4-3-7-29(30)21-36-32(39)17-18-33(40)41/h3-4,7-16,24,31,34-35,38H,2,5-6,17-23H2,1H3,(H,36,39)(H,40,41)/t24-,31+,34+,35+/m0/s1.